The van der Waals surface area contributed by atoms with Crippen LogP contribution < -0.4 is 10.6 Å². The number of rotatable bonds is 7. The third-order valence-electron chi connectivity index (χ3n) is 4.13. The van der Waals surface area contributed by atoms with Gasteiger partial charge in [-0.3, -0.25) is 4.79 Å². The molecule has 1 saturated heterocycles. The van der Waals surface area contributed by atoms with E-state index in [4.69, 9.17) is 4.42 Å². The van der Waals surface area contributed by atoms with Crippen molar-refractivity contribution in [1.82, 2.24) is 15.6 Å². The number of amides is 1. The van der Waals surface area contributed by atoms with Gasteiger partial charge in [-0.2, -0.15) is 0 Å². The summed E-state index contributed by atoms with van der Waals surface area (Å²) in [4.78, 5) is 16.3. The number of carbonyl (C=O) groups excluding carboxylic acids is 1. The average Bonchev–Trinajstić information content (AvgIpc) is 3.26. The maximum Gasteiger partial charge on any atom is 0.273 e. The molecule has 2 aromatic rings. The molecule has 0 spiro atoms. The van der Waals surface area contributed by atoms with Gasteiger partial charge in [0.15, 0.2) is 5.69 Å². The van der Waals surface area contributed by atoms with Crippen LogP contribution in [0.4, 0.5) is 0 Å². The highest BCUT2D eigenvalue weighted by molar-refractivity contribution is 5.91. The number of hydrogen-bond donors (Lipinski definition) is 2. The highest BCUT2D eigenvalue weighted by Gasteiger charge is 2.22. The van der Waals surface area contributed by atoms with E-state index >= 15 is 0 Å². The van der Waals surface area contributed by atoms with Gasteiger partial charge in [0, 0.05) is 6.54 Å². The number of nitrogens with one attached hydrogen (secondary N) is 2. The monoisotopic (exact) mass is 313 g/mol. The van der Waals surface area contributed by atoms with Crippen LogP contribution in [0.1, 0.15) is 53.7 Å². The molecule has 23 heavy (non-hydrogen) atoms. The number of aromatic nitrogens is 1. The van der Waals surface area contributed by atoms with Gasteiger partial charge >= 0.3 is 0 Å². The number of nitrogens with zero attached hydrogens (tertiary/aromatic N) is 1. The second-order valence-electron chi connectivity index (χ2n) is 5.92. The van der Waals surface area contributed by atoms with E-state index in [0.717, 1.165) is 38.6 Å². The Kier molecular flexibility index (Phi) is 5.42. The molecule has 3 rings (SSSR count). The van der Waals surface area contributed by atoms with Crippen molar-refractivity contribution < 1.29 is 9.21 Å². The van der Waals surface area contributed by atoms with Crippen molar-refractivity contribution in [3.05, 3.63) is 53.7 Å². The van der Waals surface area contributed by atoms with E-state index in [2.05, 4.69) is 39.9 Å². The molecule has 0 radical (unpaired) electrons. The summed E-state index contributed by atoms with van der Waals surface area (Å²) in [5.41, 5.74) is 1.71. The van der Waals surface area contributed by atoms with Crippen molar-refractivity contribution in [2.45, 2.75) is 38.1 Å². The van der Waals surface area contributed by atoms with Crippen LogP contribution in [-0.2, 0) is 6.42 Å². The van der Waals surface area contributed by atoms with Crippen molar-refractivity contribution in [3.8, 4) is 0 Å². The van der Waals surface area contributed by atoms with Crippen LogP contribution in [-0.4, -0.2) is 24.0 Å². The van der Waals surface area contributed by atoms with Gasteiger partial charge in [0.25, 0.3) is 5.91 Å². The standard InChI is InChI=1S/C18H23N3O2/c22-17(16-13-23-18(21-16)15-10-6-12-19-15)20-11-5-4-9-14-7-2-1-3-8-14/h1-3,7-8,13,15,19H,4-6,9-12H2,(H,20,22). The molecular weight excluding hydrogens is 290 g/mol. The van der Waals surface area contributed by atoms with Crippen LogP contribution >= 0.6 is 0 Å². The van der Waals surface area contributed by atoms with Gasteiger partial charge in [0.2, 0.25) is 5.89 Å². The van der Waals surface area contributed by atoms with Crippen LogP contribution in [0.25, 0.3) is 0 Å². The predicted octanol–water partition coefficient (Wildman–Crippen LogP) is 2.85. The molecule has 1 aliphatic rings. The SMILES string of the molecule is O=C(NCCCCc1ccccc1)c1coc(C2CCCN2)n1. The predicted molar refractivity (Wildman–Crippen MR) is 88.2 cm³/mol. The summed E-state index contributed by atoms with van der Waals surface area (Å²) in [6.45, 7) is 1.64. The topological polar surface area (TPSA) is 67.2 Å². The number of hydrogen-bond acceptors (Lipinski definition) is 4. The quantitative estimate of drug-likeness (QED) is 0.771. The summed E-state index contributed by atoms with van der Waals surface area (Å²) in [5.74, 6) is 0.467. The maximum atomic E-state index is 12.1. The lowest BCUT2D eigenvalue weighted by molar-refractivity contribution is 0.0948. The van der Waals surface area contributed by atoms with Crippen LogP contribution in [0.3, 0.4) is 0 Å². The highest BCUT2D eigenvalue weighted by atomic mass is 16.3. The minimum Gasteiger partial charge on any atom is -0.446 e. The van der Waals surface area contributed by atoms with E-state index in [0.29, 0.717) is 18.1 Å². The van der Waals surface area contributed by atoms with E-state index in [1.54, 1.807) is 0 Å². The minimum absolute atomic E-state index is 0.155. The van der Waals surface area contributed by atoms with Gasteiger partial charge in [0.05, 0.1) is 6.04 Å². The molecule has 122 valence electrons. The smallest absolute Gasteiger partial charge is 0.273 e. The average molecular weight is 313 g/mol. The first-order valence-electron chi connectivity index (χ1n) is 8.34. The Balaban J connectivity index is 1.37. The van der Waals surface area contributed by atoms with Gasteiger partial charge in [-0.1, -0.05) is 30.3 Å². The summed E-state index contributed by atoms with van der Waals surface area (Å²) < 4.78 is 5.42. The fraction of sp³-hybridized carbons (Fsp3) is 0.444. The number of unbranched alkanes of at least 4 members (excludes halogenated alkanes) is 1. The molecule has 1 aromatic heterocycles. The van der Waals surface area contributed by atoms with E-state index < -0.39 is 0 Å². The molecule has 5 nitrogen and oxygen atoms in total. The van der Waals surface area contributed by atoms with E-state index in [1.165, 1.54) is 11.8 Å². The van der Waals surface area contributed by atoms with E-state index in [9.17, 15) is 4.79 Å². The first-order chi connectivity index (χ1) is 11.3. The Morgan fingerprint density at radius 2 is 2.17 bits per heavy atom. The zero-order valence-electron chi connectivity index (χ0n) is 13.3. The lowest BCUT2D eigenvalue weighted by Gasteiger charge is -2.04. The first-order valence-corrected chi connectivity index (χ1v) is 8.34. The van der Waals surface area contributed by atoms with E-state index in [1.807, 2.05) is 6.07 Å². The molecule has 1 aliphatic heterocycles. The molecule has 1 aromatic carbocycles. The van der Waals surface area contributed by atoms with Gasteiger partial charge in [-0.05, 0) is 44.2 Å². The number of oxazole rings is 1. The van der Waals surface area contributed by atoms with Crippen molar-refractivity contribution in [2.24, 2.45) is 0 Å². The van der Waals surface area contributed by atoms with Gasteiger partial charge in [-0.25, -0.2) is 4.98 Å². The fourth-order valence-corrected chi connectivity index (χ4v) is 2.84. The third-order valence-corrected chi connectivity index (χ3v) is 4.13. The second kappa shape index (κ2) is 7.92. The summed E-state index contributed by atoms with van der Waals surface area (Å²) >= 11 is 0. The third kappa shape index (κ3) is 4.42. The largest absolute Gasteiger partial charge is 0.446 e. The summed E-state index contributed by atoms with van der Waals surface area (Å²) in [6, 6.07) is 10.6. The van der Waals surface area contributed by atoms with Gasteiger partial charge < -0.3 is 15.1 Å². The Morgan fingerprint density at radius 3 is 2.96 bits per heavy atom. The van der Waals surface area contributed by atoms with Gasteiger partial charge in [0.1, 0.15) is 6.26 Å². The molecular formula is C18H23N3O2. The molecule has 2 N–H and O–H groups in total. The number of aryl methyl sites for hydroxylation is 1. The maximum absolute atomic E-state index is 12.1. The van der Waals surface area contributed by atoms with Crippen LogP contribution in [0.15, 0.2) is 41.0 Å². The number of benzene rings is 1. The Hall–Kier alpha value is -2.14. The van der Waals surface area contributed by atoms with Crippen molar-refractivity contribution >= 4 is 5.91 Å². The van der Waals surface area contributed by atoms with Gasteiger partial charge in [-0.15, -0.1) is 0 Å². The number of carbonyl (C=O) groups is 1. The zero-order chi connectivity index (χ0) is 15.9. The molecule has 1 atom stereocenters. The molecule has 2 heterocycles. The molecule has 1 unspecified atom stereocenters. The van der Waals surface area contributed by atoms with E-state index in [-0.39, 0.29) is 11.9 Å². The summed E-state index contributed by atoms with van der Waals surface area (Å²) in [6.07, 6.45) is 6.64. The lowest BCUT2D eigenvalue weighted by Crippen LogP contribution is -2.25. The van der Waals surface area contributed by atoms with Crippen molar-refractivity contribution in [3.63, 3.8) is 0 Å². The van der Waals surface area contributed by atoms with Crippen LogP contribution in [0.5, 0.6) is 0 Å². The normalized spacial score (nSPS) is 17.3. The Bertz CT molecular complexity index is 618. The highest BCUT2D eigenvalue weighted by Crippen LogP contribution is 2.22. The summed E-state index contributed by atoms with van der Waals surface area (Å²) in [5, 5.41) is 6.22. The molecule has 0 bridgehead atoms. The van der Waals surface area contributed by atoms with Crippen molar-refractivity contribution in [1.29, 1.82) is 0 Å². The molecule has 1 fully saturated rings. The fourth-order valence-electron chi connectivity index (χ4n) is 2.84. The van der Waals surface area contributed by atoms with Crippen LogP contribution in [0, 0.1) is 0 Å². The first kappa shape index (κ1) is 15.7. The molecule has 0 saturated carbocycles. The second-order valence-corrected chi connectivity index (χ2v) is 5.92. The zero-order valence-corrected chi connectivity index (χ0v) is 13.3. The summed E-state index contributed by atoms with van der Waals surface area (Å²) in [7, 11) is 0. The Labute approximate surface area is 136 Å². The lowest BCUT2D eigenvalue weighted by atomic mass is 10.1. The van der Waals surface area contributed by atoms with Crippen molar-refractivity contribution in [2.75, 3.05) is 13.1 Å². The minimum atomic E-state index is -0.155. The molecule has 0 aliphatic carbocycles. The molecule has 5 heteroatoms. The molecule has 1 amide bonds. The van der Waals surface area contributed by atoms with Crippen LogP contribution in [0.2, 0.25) is 0 Å². The Morgan fingerprint density at radius 1 is 1.30 bits per heavy atom.